The maximum absolute atomic E-state index is 11.5. The van der Waals surface area contributed by atoms with E-state index >= 15 is 0 Å². The Bertz CT molecular complexity index is 854. The second-order valence-electron chi connectivity index (χ2n) is 4.65. The molecule has 27 heavy (non-hydrogen) atoms. The Morgan fingerprint density at radius 2 is 1.67 bits per heavy atom. The number of H-pyrrole nitrogens is 1. The molecule has 0 spiro atoms. The SMILES string of the molecule is CCOC(=O)c1c(Br)[nH]ccc1=O.CCOC(=O)c1c(OC)ccnc1Br. The Morgan fingerprint density at radius 3 is 2.19 bits per heavy atom. The summed E-state index contributed by atoms with van der Waals surface area (Å²) >= 11 is 6.23. The van der Waals surface area contributed by atoms with E-state index in [1.54, 1.807) is 26.1 Å². The molecule has 0 aliphatic rings. The van der Waals surface area contributed by atoms with Crippen molar-refractivity contribution < 1.29 is 23.8 Å². The molecule has 2 aromatic heterocycles. The molecule has 0 atom stereocenters. The van der Waals surface area contributed by atoms with Crippen LogP contribution in [0.3, 0.4) is 0 Å². The van der Waals surface area contributed by atoms with Gasteiger partial charge < -0.3 is 19.2 Å². The zero-order chi connectivity index (χ0) is 20.4. The van der Waals surface area contributed by atoms with Crippen LogP contribution in [0.15, 0.2) is 38.5 Å². The summed E-state index contributed by atoms with van der Waals surface area (Å²) in [6.07, 6.45) is 3.00. The van der Waals surface area contributed by atoms with Gasteiger partial charge in [-0.15, -0.1) is 0 Å². The Hall–Kier alpha value is -2.20. The number of hydrogen-bond donors (Lipinski definition) is 1. The summed E-state index contributed by atoms with van der Waals surface area (Å²) in [7, 11) is 1.49. The predicted molar refractivity (Wildman–Crippen MR) is 105 cm³/mol. The lowest BCUT2D eigenvalue weighted by Crippen LogP contribution is -2.17. The number of methoxy groups -OCH3 is 1. The molecule has 0 amide bonds. The molecule has 0 saturated heterocycles. The number of halogens is 2. The molecule has 0 saturated carbocycles. The van der Waals surface area contributed by atoms with Gasteiger partial charge in [0, 0.05) is 18.5 Å². The van der Waals surface area contributed by atoms with Gasteiger partial charge in [0.2, 0.25) is 0 Å². The van der Waals surface area contributed by atoms with Gasteiger partial charge in [0.25, 0.3) is 0 Å². The molecule has 0 fully saturated rings. The van der Waals surface area contributed by atoms with E-state index in [1.165, 1.54) is 19.4 Å². The number of esters is 2. The number of ether oxygens (including phenoxy) is 3. The third kappa shape index (κ3) is 6.47. The number of nitrogens with zero attached hydrogens (tertiary/aromatic N) is 1. The number of nitrogens with one attached hydrogen (secondary N) is 1. The predicted octanol–water partition coefficient (Wildman–Crippen LogP) is 3.34. The van der Waals surface area contributed by atoms with Gasteiger partial charge in [-0.25, -0.2) is 14.6 Å². The highest BCUT2D eigenvalue weighted by Gasteiger charge is 2.18. The van der Waals surface area contributed by atoms with Crippen LogP contribution in [-0.2, 0) is 9.47 Å². The van der Waals surface area contributed by atoms with Crippen LogP contribution in [0, 0.1) is 0 Å². The summed E-state index contributed by atoms with van der Waals surface area (Å²) in [6, 6.07) is 2.88. The maximum Gasteiger partial charge on any atom is 0.344 e. The molecule has 0 aliphatic heterocycles. The number of rotatable bonds is 5. The molecule has 0 aromatic carbocycles. The lowest BCUT2D eigenvalue weighted by molar-refractivity contribution is 0.0512. The van der Waals surface area contributed by atoms with Gasteiger partial charge in [-0.1, -0.05) is 0 Å². The minimum absolute atomic E-state index is 0.00403. The third-order valence-corrected chi connectivity index (χ3v) is 4.18. The molecular formula is C17H18Br2N2O6. The Balaban J connectivity index is 0.000000271. The Kier molecular flexibility index (Phi) is 9.73. The summed E-state index contributed by atoms with van der Waals surface area (Å²) in [4.78, 5) is 40.5. The van der Waals surface area contributed by atoms with Crippen molar-refractivity contribution >= 4 is 43.8 Å². The van der Waals surface area contributed by atoms with Crippen LogP contribution in [0.2, 0.25) is 0 Å². The Morgan fingerprint density at radius 1 is 1.07 bits per heavy atom. The van der Waals surface area contributed by atoms with E-state index in [1.807, 2.05) is 0 Å². The van der Waals surface area contributed by atoms with Crippen molar-refractivity contribution in [1.82, 2.24) is 9.97 Å². The number of pyridine rings is 2. The zero-order valence-corrected chi connectivity index (χ0v) is 18.0. The van der Waals surface area contributed by atoms with Gasteiger partial charge in [-0.3, -0.25) is 4.79 Å². The fourth-order valence-corrected chi connectivity index (χ4v) is 2.79. The van der Waals surface area contributed by atoms with Crippen LogP contribution in [0.4, 0.5) is 0 Å². The molecule has 8 nitrogen and oxygen atoms in total. The summed E-state index contributed by atoms with van der Waals surface area (Å²) in [6.45, 7) is 4.00. The van der Waals surface area contributed by atoms with Gasteiger partial charge in [0.1, 0.15) is 26.1 Å². The second kappa shape index (κ2) is 11.5. The Labute approximate surface area is 172 Å². The van der Waals surface area contributed by atoms with Crippen LogP contribution >= 0.6 is 31.9 Å². The normalized spacial score (nSPS) is 9.67. The first kappa shape index (κ1) is 22.8. The smallest absolute Gasteiger partial charge is 0.344 e. The zero-order valence-electron chi connectivity index (χ0n) is 14.9. The van der Waals surface area contributed by atoms with Gasteiger partial charge in [0.05, 0.1) is 20.3 Å². The average Bonchev–Trinajstić information content (AvgIpc) is 2.62. The molecule has 2 rings (SSSR count). The van der Waals surface area contributed by atoms with E-state index < -0.39 is 11.9 Å². The topological polar surface area (TPSA) is 108 Å². The highest BCUT2D eigenvalue weighted by atomic mass is 79.9. The molecule has 10 heteroatoms. The van der Waals surface area contributed by atoms with Crippen LogP contribution in [0.1, 0.15) is 34.6 Å². The molecule has 0 unspecified atom stereocenters. The lowest BCUT2D eigenvalue weighted by Gasteiger charge is -2.08. The third-order valence-electron chi connectivity index (χ3n) is 2.96. The second-order valence-corrected chi connectivity index (χ2v) is 6.20. The van der Waals surface area contributed by atoms with E-state index in [-0.39, 0.29) is 17.6 Å². The molecule has 0 radical (unpaired) electrons. The minimum Gasteiger partial charge on any atom is -0.496 e. The van der Waals surface area contributed by atoms with Crippen LogP contribution < -0.4 is 10.2 Å². The summed E-state index contributed by atoms with van der Waals surface area (Å²) in [5.41, 5.74) is -0.0368. The number of carbonyl (C=O) groups excluding carboxylic acids is 2. The van der Waals surface area contributed by atoms with Gasteiger partial charge >= 0.3 is 11.9 Å². The van der Waals surface area contributed by atoms with Crippen molar-refractivity contribution in [2.45, 2.75) is 13.8 Å². The molecule has 0 bridgehead atoms. The first-order chi connectivity index (χ1) is 12.9. The number of aromatic nitrogens is 2. The molecular weight excluding hydrogens is 488 g/mol. The van der Waals surface area contributed by atoms with E-state index in [0.29, 0.717) is 27.1 Å². The minimum atomic E-state index is -0.615. The van der Waals surface area contributed by atoms with Gasteiger partial charge in [0.15, 0.2) is 5.43 Å². The largest absolute Gasteiger partial charge is 0.496 e. The fraction of sp³-hybridized carbons (Fsp3) is 0.294. The fourth-order valence-electron chi connectivity index (χ4n) is 1.83. The standard InChI is InChI=1S/C9H10BrNO3.C8H8BrNO3/c1-3-14-9(12)7-6(13-2)4-5-11-8(7)10;1-2-13-8(12)6-5(11)3-4-10-7(6)9/h4-5H,3H2,1-2H3;3-4H,2H2,1H3,(H,10,11). The summed E-state index contributed by atoms with van der Waals surface area (Å²) in [5.74, 6) is -0.606. The summed E-state index contributed by atoms with van der Waals surface area (Å²) in [5, 5.41) is 0. The van der Waals surface area contributed by atoms with Gasteiger partial charge in [-0.2, -0.15) is 0 Å². The quantitative estimate of drug-likeness (QED) is 0.490. The van der Waals surface area contributed by atoms with E-state index in [2.05, 4.69) is 41.8 Å². The monoisotopic (exact) mass is 504 g/mol. The van der Waals surface area contributed by atoms with Crippen molar-refractivity contribution in [3.8, 4) is 5.75 Å². The molecule has 2 heterocycles. The van der Waals surface area contributed by atoms with E-state index in [0.717, 1.165) is 0 Å². The first-order valence-corrected chi connectivity index (χ1v) is 9.35. The average molecular weight is 506 g/mol. The summed E-state index contributed by atoms with van der Waals surface area (Å²) < 4.78 is 15.4. The van der Waals surface area contributed by atoms with Crippen molar-refractivity contribution in [3.63, 3.8) is 0 Å². The number of aromatic amines is 1. The van der Waals surface area contributed by atoms with Crippen molar-refractivity contribution in [2.75, 3.05) is 20.3 Å². The first-order valence-electron chi connectivity index (χ1n) is 7.77. The molecule has 146 valence electrons. The van der Waals surface area contributed by atoms with Crippen LogP contribution in [0.25, 0.3) is 0 Å². The van der Waals surface area contributed by atoms with Crippen molar-refractivity contribution in [1.29, 1.82) is 0 Å². The van der Waals surface area contributed by atoms with Crippen LogP contribution in [-0.4, -0.2) is 42.2 Å². The molecule has 0 aliphatic carbocycles. The number of hydrogen-bond acceptors (Lipinski definition) is 7. The van der Waals surface area contributed by atoms with E-state index in [4.69, 9.17) is 14.2 Å². The number of carbonyl (C=O) groups is 2. The molecule has 2 aromatic rings. The van der Waals surface area contributed by atoms with E-state index in [9.17, 15) is 14.4 Å². The maximum atomic E-state index is 11.5. The van der Waals surface area contributed by atoms with Gasteiger partial charge in [-0.05, 0) is 51.8 Å². The highest BCUT2D eigenvalue weighted by molar-refractivity contribution is 9.10. The van der Waals surface area contributed by atoms with Crippen molar-refractivity contribution in [2.24, 2.45) is 0 Å². The molecule has 1 N–H and O–H groups in total. The highest BCUT2D eigenvalue weighted by Crippen LogP contribution is 2.25. The van der Waals surface area contributed by atoms with Crippen molar-refractivity contribution in [3.05, 3.63) is 55.1 Å². The van der Waals surface area contributed by atoms with Crippen LogP contribution in [0.5, 0.6) is 5.75 Å². The lowest BCUT2D eigenvalue weighted by atomic mass is 10.2.